The average Bonchev–Trinajstić information content (AvgIpc) is 2.31. The van der Waals surface area contributed by atoms with E-state index in [4.69, 9.17) is 20.1 Å². The predicted octanol–water partition coefficient (Wildman–Crippen LogP) is 1.24. The molecule has 2 N–H and O–H groups in total. The molecule has 0 aliphatic heterocycles. The minimum Gasteiger partial charge on any atom is -0.493 e. The second kappa shape index (κ2) is 6.32. The van der Waals surface area contributed by atoms with Crippen LogP contribution in [0.15, 0.2) is 12.1 Å². The highest BCUT2D eigenvalue weighted by Gasteiger charge is 2.14. The smallest absolute Gasteiger partial charge is 0.166 e. The molecule has 0 fully saturated rings. The summed E-state index contributed by atoms with van der Waals surface area (Å²) >= 11 is 0. The molecular weight excluding hydrogens is 210 g/mol. The molecule has 5 nitrogen and oxygen atoms in total. The van der Waals surface area contributed by atoms with Crippen LogP contribution in [-0.4, -0.2) is 21.3 Å². The van der Waals surface area contributed by atoms with Crippen molar-refractivity contribution in [2.24, 2.45) is 5.90 Å². The summed E-state index contributed by atoms with van der Waals surface area (Å²) in [7, 11) is 4.80. The van der Waals surface area contributed by atoms with E-state index in [2.05, 4.69) is 4.84 Å². The van der Waals surface area contributed by atoms with Gasteiger partial charge in [-0.2, -0.15) is 0 Å². The SMILES string of the molecule is COCc1c(CON)ccc(OC)c1OC. The van der Waals surface area contributed by atoms with Gasteiger partial charge in [-0.1, -0.05) is 6.07 Å². The van der Waals surface area contributed by atoms with E-state index in [0.29, 0.717) is 24.7 Å². The Bertz CT molecular complexity index is 341. The molecule has 90 valence electrons. The van der Waals surface area contributed by atoms with Crippen LogP contribution in [0.2, 0.25) is 0 Å². The molecule has 0 bridgehead atoms. The minimum absolute atomic E-state index is 0.305. The van der Waals surface area contributed by atoms with Crippen molar-refractivity contribution in [3.8, 4) is 11.5 Å². The largest absolute Gasteiger partial charge is 0.493 e. The van der Waals surface area contributed by atoms with E-state index in [1.54, 1.807) is 21.3 Å². The molecule has 0 heterocycles. The highest BCUT2D eigenvalue weighted by Crippen LogP contribution is 2.34. The molecule has 1 rings (SSSR count). The molecule has 0 atom stereocenters. The lowest BCUT2D eigenvalue weighted by molar-refractivity contribution is 0.119. The van der Waals surface area contributed by atoms with Crippen molar-refractivity contribution in [1.29, 1.82) is 0 Å². The number of nitrogens with two attached hydrogens (primary N) is 1. The van der Waals surface area contributed by atoms with Gasteiger partial charge in [0, 0.05) is 12.7 Å². The average molecular weight is 227 g/mol. The Kier molecular flexibility index (Phi) is 5.04. The number of ether oxygens (including phenoxy) is 3. The van der Waals surface area contributed by atoms with Crippen molar-refractivity contribution in [1.82, 2.24) is 0 Å². The maximum atomic E-state index is 5.31. The summed E-state index contributed by atoms with van der Waals surface area (Å²) in [6, 6.07) is 3.69. The maximum Gasteiger partial charge on any atom is 0.166 e. The lowest BCUT2D eigenvalue weighted by Gasteiger charge is -2.15. The van der Waals surface area contributed by atoms with E-state index in [-0.39, 0.29) is 0 Å². The van der Waals surface area contributed by atoms with Crippen LogP contribution in [0.1, 0.15) is 11.1 Å². The Morgan fingerprint density at radius 3 is 2.31 bits per heavy atom. The fourth-order valence-corrected chi connectivity index (χ4v) is 1.56. The molecule has 5 heteroatoms. The van der Waals surface area contributed by atoms with Gasteiger partial charge in [-0.3, -0.25) is 4.84 Å². The van der Waals surface area contributed by atoms with Crippen LogP contribution < -0.4 is 15.4 Å². The lowest BCUT2D eigenvalue weighted by Crippen LogP contribution is -2.06. The van der Waals surface area contributed by atoms with Crippen LogP contribution in [0, 0.1) is 0 Å². The van der Waals surface area contributed by atoms with Gasteiger partial charge in [0.05, 0.1) is 27.4 Å². The molecule has 0 saturated heterocycles. The molecule has 1 aromatic carbocycles. The minimum atomic E-state index is 0.305. The first kappa shape index (κ1) is 12.8. The zero-order valence-electron chi connectivity index (χ0n) is 9.78. The Labute approximate surface area is 95.0 Å². The van der Waals surface area contributed by atoms with Gasteiger partial charge in [-0.15, -0.1) is 0 Å². The van der Waals surface area contributed by atoms with Crippen molar-refractivity contribution >= 4 is 0 Å². The fourth-order valence-electron chi connectivity index (χ4n) is 1.56. The number of hydrogen-bond donors (Lipinski definition) is 1. The third-order valence-electron chi connectivity index (χ3n) is 2.27. The zero-order chi connectivity index (χ0) is 12.0. The maximum absolute atomic E-state index is 5.31. The molecule has 0 aliphatic rings. The van der Waals surface area contributed by atoms with Gasteiger partial charge in [-0.25, -0.2) is 5.90 Å². The Hall–Kier alpha value is -1.30. The van der Waals surface area contributed by atoms with Crippen LogP contribution >= 0.6 is 0 Å². The molecule has 0 aromatic heterocycles. The van der Waals surface area contributed by atoms with E-state index in [9.17, 15) is 0 Å². The van der Waals surface area contributed by atoms with Crippen LogP contribution in [0.4, 0.5) is 0 Å². The lowest BCUT2D eigenvalue weighted by atomic mass is 10.1. The Balaban J connectivity index is 3.20. The molecule has 0 spiro atoms. The van der Waals surface area contributed by atoms with Gasteiger partial charge in [0.25, 0.3) is 0 Å². The first-order valence-electron chi connectivity index (χ1n) is 4.81. The van der Waals surface area contributed by atoms with Crippen molar-refractivity contribution in [3.05, 3.63) is 23.3 Å². The zero-order valence-corrected chi connectivity index (χ0v) is 9.78. The second-order valence-corrected chi connectivity index (χ2v) is 3.18. The van der Waals surface area contributed by atoms with Gasteiger partial charge >= 0.3 is 0 Å². The fraction of sp³-hybridized carbons (Fsp3) is 0.455. The Morgan fingerprint density at radius 2 is 1.81 bits per heavy atom. The number of rotatable bonds is 6. The molecular formula is C11H17NO4. The summed E-state index contributed by atoms with van der Waals surface area (Å²) in [5, 5.41) is 0. The van der Waals surface area contributed by atoms with Gasteiger partial charge < -0.3 is 14.2 Å². The van der Waals surface area contributed by atoms with Crippen molar-refractivity contribution < 1.29 is 19.0 Å². The Morgan fingerprint density at radius 1 is 1.06 bits per heavy atom. The molecule has 16 heavy (non-hydrogen) atoms. The van der Waals surface area contributed by atoms with E-state index in [1.165, 1.54) is 0 Å². The standard InChI is InChI=1S/C11H17NO4/c1-13-7-9-8(6-16-12)4-5-10(14-2)11(9)15-3/h4-5H,6-7,12H2,1-3H3. The van der Waals surface area contributed by atoms with E-state index in [0.717, 1.165) is 11.1 Å². The summed E-state index contributed by atoms with van der Waals surface area (Å²) in [5.74, 6) is 6.39. The second-order valence-electron chi connectivity index (χ2n) is 3.18. The van der Waals surface area contributed by atoms with E-state index >= 15 is 0 Å². The number of methoxy groups -OCH3 is 3. The summed E-state index contributed by atoms with van der Waals surface area (Å²) < 4.78 is 15.6. The van der Waals surface area contributed by atoms with Crippen LogP contribution in [0.5, 0.6) is 11.5 Å². The number of hydrogen-bond acceptors (Lipinski definition) is 5. The van der Waals surface area contributed by atoms with Crippen molar-refractivity contribution in [2.75, 3.05) is 21.3 Å². The molecule has 0 radical (unpaired) electrons. The molecule has 0 amide bonds. The molecule has 1 aromatic rings. The van der Waals surface area contributed by atoms with Crippen LogP contribution in [0.3, 0.4) is 0 Å². The molecule has 0 saturated carbocycles. The number of benzene rings is 1. The van der Waals surface area contributed by atoms with Gasteiger partial charge in [0.1, 0.15) is 0 Å². The van der Waals surface area contributed by atoms with Crippen LogP contribution in [-0.2, 0) is 22.8 Å². The third kappa shape index (κ3) is 2.63. The van der Waals surface area contributed by atoms with Gasteiger partial charge in [0.15, 0.2) is 11.5 Å². The first-order valence-corrected chi connectivity index (χ1v) is 4.81. The quantitative estimate of drug-likeness (QED) is 0.741. The summed E-state index contributed by atoms with van der Waals surface area (Å²) in [6.45, 7) is 0.720. The monoisotopic (exact) mass is 227 g/mol. The van der Waals surface area contributed by atoms with Gasteiger partial charge in [-0.05, 0) is 11.6 Å². The normalized spacial score (nSPS) is 10.2. The first-order chi connectivity index (χ1) is 7.78. The van der Waals surface area contributed by atoms with Gasteiger partial charge in [0.2, 0.25) is 0 Å². The third-order valence-corrected chi connectivity index (χ3v) is 2.27. The topological polar surface area (TPSA) is 62.9 Å². The summed E-state index contributed by atoms with van der Waals surface area (Å²) in [5.41, 5.74) is 1.80. The van der Waals surface area contributed by atoms with E-state index < -0.39 is 0 Å². The highest BCUT2D eigenvalue weighted by molar-refractivity contribution is 5.50. The van der Waals surface area contributed by atoms with Crippen LogP contribution in [0.25, 0.3) is 0 Å². The highest BCUT2D eigenvalue weighted by atomic mass is 16.6. The summed E-state index contributed by atoms with van der Waals surface area (Å²) in [6.07, 6.45) is 0. The predicted molar refractivity (Wildman–Crippen MR) is 59.2 cm³/mol. The van der Waals surface area contributed by atoms with E-state index in [1.807, 2.05) is 12.1 Å². The summed E-state index contributed by atoms with van der Waals surface area (Å²) in [4.78, 5) is 4.64. The van der Waals surface area contributed by atoms with Crippen molar-refractivity contribution in [3.63, 3.8) is 0 Å². The van der Waals surface area contributed by atoms with Crippen molar-refractivity contribution in [2.45, 2.75) is 13.2 Å². The molecule has 0 unspecified atom stereocenters. The molecule has 0 aliphatic carbocycles.